The van der Waals surface area contributed by atoms with Crippen molar-refractivity contribution in [1.82, 2.24) is 20.3 Å². The number of nitrogens with zero attached hydrogens (tertiary/aromatic N) is 4. The Balaban J connectivity index is 1.48. The van der Waals surface area contributed by atoms with Gasteiger partial charge < -0.3 is 14.2 Å². The van der Waals surface area contributed by atoms with Crippen molar-refractivity contribution in [2.24, 2.45) is 0 Å². The predicted molar refractivity (Wildman–Crippen MR) is 103 cm³/mol. The van der Waals surface area contributed by atoms with E-state index in [0.717, 1.165) is 0 Å². The van der Waals surface area contributed by atoms with Gasteiger partial charge in [0.15, 0.2) is 0 Å². The standard InChI is InChI=1S/C20H19ClN4O3/c1-13-18(19(24-28-13)15-5-2-3-6-16(15)21)20(26)25-11-8-14(9-12-25)27-17-7-4-10-22-23-17/h2-7,10,14H,8-9,11-12H2,1H3. The topological polar surface area (TPSA) is 81.4 Å². The quantitative estimate of drug-likeness (QED) is 0.665. The molecule has 0 aliphatic carbocycles. The van der Waals surface area contributed by atoms with E-state index in [1.807, 2.05) is 18.2 Å². The minimum atomic E-state index is -0.105. The minimum Gasteiger partial charge on any atom is -0.473 e. The zero-order valence-electron chi connectivity index (χ0n) is 15.3. The van der Waals surface area contributed by atoms with E-state index in [2.05, 4.69) is 15.4 Å². The van der Waals surface area contributed by atoms with Gasteiger partial charge in [-0.2, -0.15) is 5.10 Å². The van der Waals surface area contributed by atoms with Gasteiger partial charge in [0.05, 0.1) is 5.02 Å². The van der Waals surface area contributed by atoms with E-state index in [4.69, 9.17) is 20.9 Å². The summed E-state index contributed by atoms with van der Waals surface area (Å²) in [6, 6.07) is 10.9. The number of aryl methyl sites for hydroxylation is 1. The van der Waals surface area contributed by atoms with Crippen LogP contribution >= 0.6 is 11.6 Å². The first kappa shape index (κ1) is 18.4. The fourth-order valence-electron chi connectivity index (χ4n) is 3.32. The first-order valence-electron chi connectivity index (χ1n) is 9.08. The Kier molecular flexibility index (Phi) is 5.25. The summed E-state index contributed by atoms with van der Waals surface area (Å²) in [5, 5.41) is 12.4. The van der Waals surface area contributed by atoms with E-state index >= 15 is 0 Å². The molecule has 8 heteroatoms. The van der Waals surface area contributed by atoms with Crippen LogP contribution in [0.15, 0.2) is 47.1 Å². The summed E-state index contributed by atoms with van der Waals surface area (Å²) >= 11 is 6.29. The number of rotatable bonds is 4. The lowest BCUT2D eigenvalue weighted by Gasteiger charge is -2.31. The Bertz CT molecular complexity index is 969. The Hall–Kier alpha value is -2.93. The van der Waals surface area contributed by atoms with Gasteiger partial charge in [-0.1, -0.05) is 35.0 Å². The van der Waals surface area contributed by atoms with Gasteiger partial charge in [0.2, 0.25) is 5.88 Å². The molecule has 0 bridgehead atoms. The van der Waals surface area contributed by atoms with E-state index in [1.54, 1.807) is 36.2 Å². The van der Waals surface area contributed by atoms with Crippen LogP contribution in [0.3, 0.4) is 0 Å². The maximum atomic E-state index is 13.2. The molecule has 0 saturated carbocycles. The maximum Gasteiger partial charge on any atom is 0.259 e. The summed E-state index contributed by atoms with van der Waals surface area (Å²) < 4.78 is 11.2. The average molecular weight is 399 g/mol. The average Bonchev–Trinajstić information content (AvgIpc) is 3.10. The first-order chi connectivity index (χ1) is 13.6. The summed E-state index contributed by atoms with van der Waals surface area (Å²) in [6.07, 6.45) is 3.04. The molecule has 28 heavy (non-hydrogen) atoms. The van der Waals surface area contributed by atoms with Crippen molar-refractivity contribution in [2.75, 3.05) is 13.1 Å². The highest BCUT2D eigenvalue weighted by atomic mass is 35.5. The van der Waals surface area contributed by atoms with E-state index < -0.39 is 0 Å². The third-order valence-electron chi connectivity index (χ3n) is 4.77. The van der Waals surface area contributed by atoms with Crippen LogP contribution < -0.4 is 4.74 Å². The normalized spacial score (nSPS) is 14.9. The smallest absolute Gasteiger partial charge is 0.259 e. The largest absolute Gasteiger partial charge is 0.473 e. The molecule has 4 rings (SSSR count). The lowest BCUT2D eigenvalue weighted by Crippen LogP contribution is -2.42. The molecule has 1 saturated heterocycles. The van der Waals surface area contributed by atoms with Crippen LogP contribution in [0, 0.1) is 6.92 Å². The number of ether oxygens (including phenoxy) is 1. The molecule has 144 valence electrons. The molecule has 3 aromatic rings. The molecule has 0 spiro atoms. The number of aromatic nitrogens is 3. The van der Waals surface area contributed by atoms with Gasteiger partial charge in [0, 0.05) is 43.8 Å². The Morgan fingerprint density at radius 3 is 2.71 bits per heavy atom. The molecule has 1 aromatic carbocycles. The Morgan fingerprint density at radius 2 is 2.00 bits per heavy atom. The number of hydrogen-bond donors (Lipinski definition) is 0. The number of likely N-dealkylation sites (tertiary alicyclic amines) is 1. The van der Waals surface area contributed by atoms with Crippen molar-refractivity contribution >= 4 is 17.5 Å². The fourth-order valence-corrected chi connectivity index (χ4v) is 3.54. The number of benzene rings is 1. The molecule has 0 N–H and O–H groups in total. The fraction of sp³-hybridized carbons (Fsp3) is 0.300. The van der Waals surface area contributed by atoms with E-state index in [0.29, 0.717) is 59.4 Å². The first-order valence-corrected chi connectivity index (χ1v) is 9.46. The van der Waals surface area contributed by atoms with Gasteiger partial charge in [-0.25, -0.2) is 0 Å². The number of halogens is 1. The van der Waals surface area contributed by atoms with Crippen molar-refractivity contribution in [3.8, 4) is 17.1 Å². The predicted octanol–water partition coefficient (Wildman–Crippen LogP) is 3.78. The lowest BCUT2D eigenvalue weighted by molar-refractivity contribution is 0.0585. The Morgan fingerprint density at radius 1 is 1.21 bits per heavy atom. The monoisotopic (exact) mass is 398 g/mol. The summed E-state index contributed by atoms with van der Waals surface area (Å²) in [4.78, 5) is 15.0. The zero-order chi connectivity index (χ0) is 19.5. The minimum absolute atomic E-state index is 0.00681. The highest BCUT2D eigenvalue weighted by Crippen LogP contribution is 2.32. The van der Waals surface area contributed by atoms with Crippen LogP contribution in [0.5, 0.6) is 5.88 Å². The molecule has 1 amide bonds. The molecule has 3 heterocycles. The summed E-state index contributed by atoms with van der Waals surface area (Å²) in [7, 11) is 0. The molecular weight excluding hydrogens is 380 g/mol. The van der Waals surface area contributed by atoms with Crippen molar-refractivity contribution in [3.05, 3.63) is 58.9 Å². The van der Waals surface area contributed by atoms with Crippen molar-refractivity contribution in [3.63, 3.8) is 0 Å². The molecule has 0 atom stereocenters. The van der Waals surface area contributed by atoms with Gasteiger partial charge in [0.1, 0.15) is 23.1 Å². The molecular formula is C20H19ClN4O3. The number of hydrogen-bond acceptors (Lipinski definition) is 6. The van der Waals surface area contributed by atoms with Crippen molar-refractivity contribution < 1.29 is 14.1 Å². The maximum absolute atomic E-state index is 13.2. The van der Waals surface area contributed by atoms with Crippen LogP contribution in [0.2, 0.25) is 5.02 Å². The summed E-state index contributed by atoms with van der Waals surface area (Å²) in [6.45, 7) is 2.90. The Labute approximate surface area is 167 Å². The molecule has 0 unspecified atom stereocenters. The van der Waals surface area contributed by atoms with Gasteiger partial charge in [0.25, 0.3) is 5.91 Å². The second kappa shape index (κ2) is 7.98. The molecule has 0 radical (unpaired) electrons. The van der Waals surface area contributed by atoms with E-state index in [1.165, 1.54) is 0 Å². The molecule has 1 fully saturated rings. The number of piperidine rings is 1. The molecule has 2 aromatic heterocycles. The van der Waals surface area contributed by atoms with Gasteiger partial charge in [-0.3, -0.25) is 4.79 Å². The lowest BCUT2D eigenvalue weighted by atomic mass is 10.0. The van der Waals surface area contributed by atoms with Crippen LogP contribution in [0.25, 0.3) is 11.3 Å². The highest BCUT2D eigenvalue weighted by Gasteiger charge is 2.30. The van der Waals surface area contributed by atoms with Crippen LogP contribution in [-0.4, -0.2) is 45.4 Å². The number of amides is 1. The van der Waals surface area contributed by atoms with E-state index in [-0.39, 0.29) is 12.0 Å². The molecule has 7 nitrogen and oxygen atoms in total. The highest BCUT2D eigenvalue weighted by molar-refractivity contribution is 6.33. The molecule has 1 aliphatic rings. The van der Waals surface area contributed by atoms with E-state index in [9.17, 15) is 4.79 Å². The second-order valence-corrected chi connectivity index (χ2v) is 7.02. The van der Waals surface area contributed by atoms with Gasteiger partial charge >= 0.3 is 0 Å². The van der Waals surface area contributed by atoms with Gasteiger partial charge in [-0.15, -0.1) is 5.10 Å². The number of carbonyl (C=O) groups is 1. The molecule has 1 aliphatic heterocycles. The van der Waals surface area contributed by atoms with Crippen LogP contribution in [-0.2, 0) is 0 Å². The zero-order valence-corrected chi connectivity index (χ0v) is 16.1. The summed E-state index contributed by atoms with van der Waals surface area (Å²) in [5.74, 6) is 0.882. The second-order valence-electron chi connectivity index (χ2n) is 6.61. The third-order valence-corrected chi connectivity index (χ3v) is 5.10. The number of carbonyl (C=O) groups excluding carboxylic acids is 1. The van der Waals surface area contributed by atoms with Gasteiger partial charge in [-0.05, 0) is 19.1 Å². The van der Waals surface area contributed by atoms with Crippen LogP contribution in [0.4, 0.5) is 0 Å². The van der Waals surface area contributed by atoms with Crippen molar-refractivity contribution in [2.45, 2.75) is 25.9 Å². The van der Waals surface area contributed by atoms with Crippen molar-refractivity contribution in [1.29, 1.82) is 0 Å². The SMILES string of the molecule is Cc1onc(-c2ccccc2Cl)c1C(=O)N1CCC(Oc2cccnn2)CC1. The third kappa shape index (κ3) is 3.71. The summed E-state index contributed by atoms with van der Waals surface area (Å²) in [5.41, 5.74) is 1.62. The van der Waals surface area contributed by atoms with Crippen LogP contribution in [0.1, 0.15) is 29.0 Å².